The van der Waals surface area contributed by atoms with Gasteiger partial charge in [-0.2, -0.15) is 0 Å². The molecule has 8 bridgehead atoms. The first-order valence-corrected chi connectivity index (χ1v) is 13.7. The van der Waals surface area contributed by atoms with Gasteiger partial charge in [-0.25, -0.2) is 15.0 Å². The number of rotatable bonds is 6. The van der Waals surface area contributed by atoms with Crippen molar-refractivity contribution >= 4 is 40.7 Å². The molecule has 0 amide bonds. The molecule has 42 heavy (non-hydrogen) atoms. The Labute approximate surface area is 243 Å². The van der Waals surface area contributed by atoms with Gasteiger partial charge in [0.25, 0.3) is 0 Å². The van der Waals surface area contributed by atoms with Gasteiger partial charge in [0.2, 0.25) is 0 Å². The van der Waals surface area contributed by atoms with Crippen LogP contribution in [0.4, 0.5) is 0 Å². The van der Waals surface area contributed by atoms with Crippen LogP contribution >= 0.6 is 0 Å². The highest BCUT2D eigenvalue weighted by Gasteiger charge is 2.27. The number of ether oxygens (including phenoxy) is 2. The van der Waals surface area contributed by atoms with E-state index < -0.39 is 0 Å². The van der Waals surface area contributed by atoms with E-state index in [0.29, 0.717) is 12.8 Å². The standard InChI is InChI=1S/C32H30N6O4/c1-38-17-16-33-32(38)31-27-12-10-25(36-27)21(6-14-29(39)41-2)23-8-4-19(34-23)18-20-5-9-24(35-20)22(7-15-30(40)42-3)26-11-13-28(31)37-26/h4-5,8-13,16-18,33-34H,6-7,14-15H2,1-3H3. The Morgan fingerprint density at radius 1 is 0.810 bits per heavy atom. The summed E-state index contributed by atoms with van der Waals surface area (Å²) in [5, 5.41) is 3.33. The van der Waals surface area contributed by atoms with E-state index in [0.717, 1.165) is 68.2 Å². The average molecular weight is 563 g/mol. The zero-order valence-corrected chi connectivity index (χ0v) is 23.6. The van der Waals surface area contributed by atoms with Crippen molar-refractivity contribution in [2.45, 2.75) is 25.7 Å². The second-order valence-corrected chi connectivity index (χ2v) is 10.1. The quantitative estimate of drug-likeness (QED) is 0.493. The van der Waals surface area contributed by atoms with Crippen LogP contribution in [0, 0.1) is 0 Å². The van der Waals surface area contributed by atoms with E-state index in [1.165, 1.54) is 14.2 Å². The van der Waals surface area contributed by atoms with Crippen LogP contribution in [0.1, 0.15) is 37.1 Å². The van der Waals surface area contributed by atoms with Crippen LogP contribution in [0.5, 0.6) is 0 Å². The Kier molecular flexibility index (Phi) is 7.26. The molecule has 0 atom stereocenters. The Hall–Kier alpha value is -5.25. The van der Waals surface area contributed by atoms with E-state index in [1.54, 1.807) is 0 Å². The number of H-pyrrole nitrogens is 1. The summed E-state index contributed by atoms with van der Waals surface area (Å²) in [6.45, 7) is 0. The Morgan fingerprint density at radius 3 is 2.10 bits per heavy atom. The number of fused-ring (bicyclic) bond motifs is 5. The van der Waals surface area contributed by atoms with Crippen LogP contribution in [0.25, 0.3) is 11.6 Å². The third kappa shape index (κ3) is 5.26. The van der Waals surface area contributed by atoms with Gasteiger partial charge in [-0.05, 0) is 67.5 Å². The highest BCUT2D eigenvalue weighted by Crippen LogP contribution is 2.33. The number of aromatic amines is 1. The number of allylic oxidation sites excluding steroid dienone is 9. The predicted octanol–water partition coefficient (Wildman–Crippen LogP) is 4.49. The van der Waals surface area contributed by atoms with Gasteiger partial charge >= 0.3 is 11.9 Å². The molecule has 212 valence electrons. The second-order valence-electron chi connectivity index (χ2n) is 10.1. The van der Waals surface area contributed by atoms with Crippen LogP contribution in [0.3, 0.4) is 0 Å². The molecule has 0 aromatic carbocycles. The number of aromatic nitrogens is 1. The SMILES string of the molecule is COC(=O)CCC1=C2C=CC(=N2)C(=C2NC=CN2C)C2=NC(=C(CCC(=O)OC)c3ccc([nH]3)C=C3C=CC1=N3)C=C2. The van der Waals surface area contributed by atoms with Gasteiger partial charge in [0.15, 0.2) is 0 Å². The number of esters is 2. The molecule has 10 heteroatoms. The number of nitrogens with one attached hydrogen (secondary N) is 2. The van der Waals surface area contributed by atoms with Gasteiger partial charge in [0, 0.05) is 54.8 Å². The maximum atomic E-state index is 12.1. The van der Waals surface area contributed by atoms with Gasteiger partial charge < -0.3 is 24.7 Å². The van der Waals surface area contributed by atoms with Crippen molar-refractivity contribution in [2.75, 3.05) is 21.3 Å². The molecular weight excluding hydrogens is 532 g/mol. The summed E-state index contributed by atoms with van der Waals surface area (Å²) in [5.74, 6) is 0.256. The molecule has 0 unspecified atom stereocenters. The number of carbonyl (C=O) groups is 2. The first kappa shape index (κ1) is 26.9. The zero-order valence-electron chi connectivity index (χ0n) is 23.6. The number of hydrogen-bond acceptors (Lipinski definition) is 9. The monoisotopic (exact) mass is 562 g/mol. The minimum Gasteiger partial charge on any atom is -0.469 e. The lowest BCUT2D eigenvalue weighted by atomic mass is 10.0. The summed E-state index contributed by atoms with van der Waals surface area (Å²) in [7, 11) is 4.74. The molecule has 6 rings (SSSR count). The Balaban J connectivity index is 1.55. The lowest BCUT2D eigenvalue weighted by Crippen LogP contribution is -2.23. The molecule has 0 radical (unpaired) electrons. The molecule has 0 fully saturated rings. The molecular formula is C32H30N6O4. The fourth-order valence-corrected chi connectivity index (χ4v) is 5.27. The van der Waals surface area contributed by atoms with Gasteiger partial charge in [0.05, 0.1) is 54.0 Å². The molecule has 5 aliphatic rings. The van der Waals surface area contributed by atoms with Gasteiger partial charge in [-0.3, -0.25) is 9.59 Å². The fraction of sp³-hybridized carbons (Fsp3) is 0.219. The lowest BCUT2D eigenvalue weighted by molar-refractivity contribution is -0.141. The van der Waals surface area contributed by atoms with Crippen LogP contribution in [0.2, 0.25) is 0 Å². The number of methoxy groups -OCH3 is 2. The summed E-state index contributed by atoms with van der Waals surface area (Å²) >= 11 is 0. The predicted molar refractivity (Wildman–Crippen MR) is 162 cm³/mol. The van der Waals surface area contributed by atoms with Crippen molar-refractivity contribution in [3.63, 3.8) is 0 Å². The first-order chi connectivity index (χ1) is 20.4. The lowest BCUT2D eigenvalue weighted by Gasteiger charge is -2.17. The van der Waals surface area contributed by atoms with Crippen LogP contribution in [-0.4, -0.2) is 60.2 Å². The molecule has 10 nitrogen and oxygen atoms in total. The molecule has 5 aliphatic heterocycles. The Bertz CT molecular complexity index is 1720. The molecule has 0 saturated carbocycles. The van der Waals surface area contributed by atoms with E-state index in [4.69, 9.17) is 24.5 Å². The van der Waals surface area contributed by atoms with E-state index in [-0.39, 0.29) is 24.8 Å². The number of carbonyl (C=O) groups excluding carboxylic acids is 2. The topological polar surface area (TPSA) is 121 Å². The second kappa shape index (κ2) is 11.3. The maximum Gasteiger partial charge on any atom is 0.305 e. The van der Waals surface area contributed by atoms with E-state index in [9.17, 15) is 9.59 Å². The van der Waals surface area contributed by atoms with Crippen molar-refractivity contribution in [1.29, 1.82) is 0 Å². The number of aliphatic imine (C=N–C) groups is 3. The van der Waals surface area contributed by atoms with E-state index in [1.807, 2.05) is 79.0 Å². The van der Waals surface area contributed by atoms with E-state index in [2.05, 4.69) is 10.3 Å². The summed E-state index contributed by atoms with van der Waals surface area (Å²) in [6.07, 6.45) is 18.8. The van der Waals surface area contributed by atoms with Crippen molar-refractivity contribution in [3.05, 3.63) is 106 Å². The van der Waals surface area contributed by atoms with Crippen LogP contribution in [0.15, 0.2) is 110 Å². The number of hydrogen-bond donors (Lipinski definition) is 2. The van der Waals surface area contributed by atoms with Crippen molar-refractivity contribution in [3.8, 4) is 0 Å². The molecule has 2 N–H and O–H groups in total. The molecule has 0 spiro atoms. The van der Waals surface area contributed by atoms with Crippen LogP contribution in [-0.2, 0) is 19.1 Å². The normalized spacial score (nSPS) is 20.2. The summed E-state index contributed by atoms with van der Waals surface area (Å²) in [6, 6.07) is 3.97. The van der Waals surface area contributed by atoms with Crippen molar-refractivity contribution < 1.29 is 19.1 Å². The molecule has 0 saturated heterocycles. The zero-order chi connectivity index (χ0) is 29.2. The van der Waals surface area contributed by atoms with Crippen LogP contribution < -0.4 is 5.32 Å². The summed E-state index contributed by atoms with van der Waals surface area (Å²) in [5.41, 5.74) is 8.77. The average Bonchev–Trinajstić information content (AvgIpc) is 3.83. The highest BCUT2D eigenvalue weighted by molar-refractivity contribution is 6.34. The minimum atomic E-state index is -0.294. The van der Waals surface area contributed by atoms with Gasteiger partial charge in [0.1, 0.15) is 5.82 Å². The molecule has 1 aromatic rings. The van der Waals surface area contributed by atoms with Gasteiger partial charge in [-0.15, -0.1) is 0 Å². The minimum absolute atomic E-state index is 0.208. The molecule has 6 heterocycles. The Morgan fingerprint density at radius 2 is 1.45 bits per heavy atom. The molecule has 0 aliphatic carbocycles. The third-order valence-electron chi connectivity index (χ3n) is 7.44. The van der Waals surface area contributed by atoms with E-state index >= 15 is 0 Å². The summed E-state index contributed by atoms with van der Waals surface area (Å²) < 4.78 is 9.83. The van der Waals surface area contributed by atoms with Gasteiger partial charge in [-0.1, -0.05) is 0 Å². The maximum absolute atomic E-state index is 12.1. The molecule has 1 aromatic heterocycles. The van der Waals surface area contributed by atoms with Crippen molar-refractivity contribution in [2.24, 2.45) is 15.0 Å². The third-order valence-corrected chi connectivity index (χ3v) is 7.44. The smallest absolute Gasteiger partial charge is 0.305 e. The largest absolute Gasteiger partial charge is 0.469 e. The highest BCUT2D eigenvalue weighted by atomic mass is 16.5. The fourth-order valence-electron chi connectivity index (χ4n) is 5.27. The summed E-state index contributed by atoms with van der Waals surface area (Å²) in [4.78, 5) is 44.6. The van der Waals surface area contributed by atoms with Crippen molar-refractivity contribution in [1.82, 2.24) is 15.2 Å². The first-order valence-electron chi connectivity index (χ1n) is 13.7. The number of nitrogens with zero attached hydrogens (tertiary/aromatic N) is 4.